The van der Waals surface area contributed by atoms with Crippen molar-refractivity contribution in [1.29, 1.82) is 0 Å². The minimum atomic E-state index is -3.74. The maximum absolute atomic E-state index is 13.1. The number of nitrogens with one attached hydrogen (secondary N) is 1. The predicted molar refractivity (Wildman–Crippen MR) is 112 cm³/mol. The van der Waals surface area contributed by atoms with Crippen LogP contribution in [-0.2, 0) is 14.6 Å². The van der Waals surface area contributed by atoms with Gasteiger partial charge in [-0.2, -0.15) is 0 Å². The average Bonchev–Trinajstić information content (AvgIpc) is 3.17. The third-order valence-corrected chi connectivity index (χ3v) is 7.72. The summed E-state index contributed by atoms with van der Waals surface area (Å²) < 4.78 is 31.7. The molecule has 1 N–H and O–H groups in total. The van der Waals surface area contributed by atoms with Crippen LogP contribution in [0.1, 0.15) is 22.8 Å². The van der Waals surface area contributed by atoms with Crippen molar-refractivity contribution in [2.24, 2.45) is 0 Å². The number of amides is 1. The quantitative estimate of drug-likeness (QED) is 0.628. The van der Waals surface area contributed by atoms with Gasteiger partial charge in [0.05, 0.1) is 10.6 Å². The number of fused-ring (bicyclic) bond motifs is 1. The van der Waals surface area contributed by atoms with E-state index >= 15 is 0 Å². The second-order valence-corrected chi connectivity index (χ2v) is 9.36. The Morgan fingerprint density at radius 2 is 1.97 bits per heavy atom. The first kappa shape index (κ1) is 19.2. The topological polar surface area (TPSA) is 72.5 Å². The molecule has 146 valence electrons. The molecular weight excluding hydrogens is 406 g/mol. The lowest BCUT2D eigenvalue weighted by atomic mass is 9.90. The van der Waals surface area contributed by atoms with Gasteiger partial charge in [-0.3, -0.25) is 4.79 Å². The molecule has 1 aliphatic heterocycles. The summed E-state index contributed by atoms with van der Waals surface area (Å²) in [5.41, 5.74) is 1.25. The molecule has 1 aromatic heterocycles. The van der Waals surface area contributed by atoms with Gasteiger partial charge in [0.2, 0.25) is 15.7 Å². The lowest BCUT2D eigenvalue weighted by molar-refractivity contribution is -0.116. The van der Waals surface area contributed by atoms with Gasteiger partial charge >= 0.3 is 0 Å². The van der Waals surface area contributed by atoms with Crippen LogP contribution >= 0.6 is 11.3 Å². The molecule has 0 spiro atoms. The molecule has 5 nitrogen and oxygen atoms in total. The molecular formula is C22H17NO4S2. The number of hydrogen-bond acceptors (Lipinski definition) is 5. The van der Waals surface area contributed by atoms with Crippen LogP contribution in [0.5, 0.6) is 5.75 Å². The Morgan fingerprint density at radius 3 is 2.72 bits per heavy atom. The van der Waals surface area contributed by atoms with Gasteiger partial charge < -0.3 is 10.1 Å². The second-order valence-electron chi connectivity index (χ2n) is 6.53. The number of sulfone groups is 1. The Balaban J connectivity index is 1.77. The predicted octanol–water partition coefficient (Wildman–Crippen LogP) is 4.07. The molecule has 0 aliphatic carbocycles. The molecule has 0 unspecified atom stereocenters. The van der Waals surface area contributed by atoms with Gasteiger partial charge in [0.25, 0.3) is 0 Å². The highest BCUT2D eigenvalue weighted by atomic mass is 32.2. The number of ether oxygens (including phenoxy) is 1. The van der Waals surface area contributed by atoms with Crippen LogP contribution in [0.2, 0.25) is 0 Å². The van der Waals surface area contributed by atoms with Crippen molar-refractivity contribution >= 4 is 32.8 Å². The summed E-state index contributed by atoms with van der Waals surface area (Å²) in [5.74, 6) is 2.56. The summed E-state index contributed by atoms with van der Waals surface area (Å²) >= 11 is 1.34. The number of benzene rings is 2. The fourth-order valence-electron chi connectivity index (χ4n) is 3.34. The average molecular weight is 424 g/mol. The smallest absolute Gasteiger partial charge is 0.225 e. The van der Waals surface area contributed by atoms with E-state index in [1.807, 2.05) is 18.2 Å². The molecule has 7 heteroatoms. The van der Waals surface area contributed by atoms with Gasteiger partial charge in [0.1, 0.15) is 17.3 Å². The molecule has 0 bridgehead atoms. The molecule has 1 amide bonds. The van der Waals surface area contributed by atoms with Crippen molar-refractivity contribution in [2.45, 2.75) is 22.1 Å². The molecule has 29 heavy (non-hydrogen) atoms. The van der Waals surface area contributed by atoms with Crippen LogP contribution < -0.4 is 10.1 Å². The standard InChI is InChI=1S/C22H17NO4S2/c1-2-11-27-16-8-6-7-15(12-16)18-13-20(24)23-21-19(14-28-22(18)21)29(25,26)17-9-4-3-5-10-17/h1,3-10,12,14,18H,11,13H2,(H,23,24)/t18-/m0/s1. The SMILES string of the molecule is C#CCOc1cccc([C@@H]2CC(=O)Nc3c(S(=O)(=O)c4ccccc4)csc32)c1. The second kappa shape index (κ2) is 7.74. The van der Waals surface area contributed by atoms with E-state index in [4.69, 9.17) is 11.2 Å². The normalized spacial score (nSPS) is 15.8. The van der Waals surface area contributed by atoms with E-state index in [1.165, 1.54) is 11.3 Å². The highest BCUT2D eigenvalue weighted by Crippen LogP contribution is 2.46. The van der Waals surface area contributed by atoms with Gasteiger partial charge in [0.15, 0.2) is 0 Å². The number of terminal acetylenes is 1. The maximum atomic E-state index is 13.1. The molecule has 2 aromatic carbocycles. The van der Waals surface area contributed by atoms with Crippen LogP contribution in [0.4, 0.5) is 5.69 Å². The highest BCUT2D eigenvalue weighted by molar-refractivity contribution is 7.91. The van der Waals surface area contributed by atoms with Crippen LogP contribution in [0, 0.1) is 12.3 Å². The molecule has 2 heterocycles. The lowest BCUT2D eigenvalue weighted by Gasteiger charge is -2.24. The Morgan fingerprint density at radius 1 is 1.17 bits per heavy atom. The van der Waals surface area contributed by atoms with Gasteiger partial charge in [0, 0.05) is 22.6 Å². The Kier molecular flexibility index (Phi) is 5.14. The first-order valence-electron chi connectivity index (χ1n) is 8.88. The first-order chi connectivity index (χ1) is 14.0. The Hall–Kier alpha value is -3.08. The third kappa shape index (κ3) is 3.65. The molecule has 1 atom stereocenters. The van der Waals surface area contributed by atoms with Crippen molar-refractivity contribution < 1.29 is 17.9 Å². The van der Waals surface area contributed by atoms with Gasteiger partial charge in [-0.05, 0) is 29.8 Å². The minimum Gasteiger partial charge on any atom is -0.481 e. The minimum absolute atomic E-state index is 0.126. The van der Waals surface area contributed by atoms with E-state index in [2.05, 4.69) is 11.2 Å². The number of anilines is 1. The van der Waals surface area contributed by atoms with E-state index in [-0.39, 0.29) is 34.6 Å². The number of carbonyl (C=O) groups excluding carboxylic acids is 1. The van der Waals surface area contributed by atoms with Crippen molar-refractivity contribution in [3.8, 4) is 18.1 Å². The Labute approximate surface area is 173 Å². The zero-order valence-electron chi connectivity index (χ0n) is 15.3. The fourth-order valence-corrected chi connectivity index (χ4v) is 6.27. The fraction of sp³-hybridized carbons (Fsp3) is 0.136. The first-order valence-corrected chi connectivity index (χ1v) is 11.2. The molecule has 0 fully saturated rings. The zero-order valence-corrected chi connectivity index (χ0v) is 16.9. The molecule has 3 aromatic rings. The third-order valence-electron chi connectivity index (χ3n) is 4.68. The molecule has 4 rings (SSSR count). The van der Waals surface area contributed by atoms with E-state index in [1.54, 1.807) is 41.8 Å². The lowest BCUT2D eigenvalue weighted by Crippen LogP contribution is -2.23. The van der Waals surface area contributed by atoms with Crippen LogP contribution in [0.3, 0.4) is 0 Å². The summed E-state index contributed by atoms with van der Waals surface area (Å²) in [6, 6.07) is 15.6. The van der Waals surface area contributed by atoms with Crippen LogP contribution in [0.25, 0.3) is 0 Å². The van der Waals surface area contributed by atoms with Crippen molar-refractivity contribution in [3.05, 3.63) is 70.4 Å². The summed E-state index contributed by atoms with van der Waals surface area (Å²) in [4.78, 5) is 13.6. The number of carbonyl (C=O) groups is 1. The van der Waals surface area contributed by atoms with E-state index in [0.717, 1.165) is 10.4 Å². The van der Waals surface area contributed by atoms with Crippen LogP contribution in [0.15, 0.2) is 69.8 Å². The van der Waals surface area contributed by atoms with Crippen molar-refractivity contribution in [2.75, 3.05) is 11.9 Å². The van der Waals surface area contributed by atoms with Crippen molar-refractivity contribution in [1.82, 2.24) is 0 Å². The Bertz CT molecular complexity index is 1210. The van der Waals surface area contributed by atoms with Crippen LogP contribution in [-0.4, -0.2) is 20.9 Å². The number of rotatable bonds is 5. The molecule has 0 saturated heterocycles. The molecule has 0 radical (unpaired) electrons. The van der Waals surface area contributed by atoms with E-state index in [9.17, 15) is 13.2 Å². The van der Waals surface area contributed by atoms with Gasteiger partial charge in [-0.15, -0.1) is 17.8 Å². The number of thiophene rings is 1. The van der Waals surface area contributed by atoms with Gasteiger partial charge in [-0.1, -0.05) is 36.3 Å². The molecule has 0 saturated carbocycles. The summed E-state index contributed by atoms with van der Waals surface area (Å²) in [5, 5.41) is 4.37. The highest BCUT2D eigenvalue weighted by Gasteiger charge is 2.34. The van der Waals surface area contributed by atoms with Crippen molar-refractivity contribution in [3.63, 3.8) is 0 Å². The monoisotopic (exact) mass is 423 g/mol. The van der Waals surface area contributed by atoms with Gasteiger partial charge in [-0.25, -0.2) is 8.42 Å². The largest absolute Gasteiger partial charge is 0.481 e. The maximum Gasteiger partial charge on any atom is 0.225 e. The molecule has 1 aliphatic rings. The summed E-state index contributed by atoms with van der Waals surface area (Å²) in [7, 11) is -3.74. The summed E-state index contributed by atoms with van der Waals surface area (Å²) in [6.45, 7) is 0.151. The summed E-state index contributed by atoms with van der Waals surface area (Å²) in [6.07, 6.45) is 5.48. The van der Waals surface area contributed by atoms with E-state index in [0.29, 0.717) is 11.4 Å². The zero-order chi connectivity index (χ0) is 20.4. The number of hydrogen-bond donors (Lipinski definition) is 1. The van der Waals surface area contributed by atoms with E-state index < -0.39 is 9.84 Å².